The molecule has 0 aliphatic carbocycles. The number of benzene rings is 1. The van der Waals surface area contributed by atoms with Gasteiger partial charge in [-0.05, 0) is 24.5 Å². The second kappa shape index (κ2) is 6.85. The summed E-state index contributed by atoms with van der Waals surface area (Å²) in [6.07, 6.45) is 1.72. The van der Waals surface area contributed by atoms with Crippen LogP contribution in [-0.2, 0) is 24.8 Å². The molecule has 0 radical (unpaired) electrons. The van der Waals surface area contributed by atoms with Crippen LogP contribution in [0.25, 0.3) is 0 Å². The molecule has 2 aromatic rings. The van der Waals surface area contributed by atoms with Gasteiger partial charge in [0.1, 0.15) is 0 Å². The predicted molar refractivity (Wildman–Crippen MR) is 73.9 cm³/mol. The van der Waals surface area contributed by atoms with Crippen molar-refractivity contribution in [3.63, 3.8) is 0 Å². The Kier molecular flexibility index (Phi) is 4.86. The number of ether oxygens (including phenoxy) is 1. The van der Waals surface area contributed by atoms with Crippen LogP contribution >= 0.6 is 0 Å². The molecule has 0 spiro atoms. The zero-order valence-electron chi connectivity index (χ0n) is 11.1. The summed E-state index contributed by atoms with van der Waals surface area (Å²) in [7, 11) is 1.66. The Balaban J connectivity index is 1.69. The number of aryl methyl sites for hydroxylation is 2. The van der Waals surface area contributed by atoms with Crippen LogP contribution in [0.3, 0.4) is 0 Å². The molecule has 0 fully saturated rings. The van der Waals surface area contributed by atoms with E-state index < -0.39 is 0 Å². The van der Waals surface area contributed by atoms with Gasteiger partial charge in [0.25, 0.3) is 5.56 Å². The van der Waals surface area contributed by atoms with Gasteiger partial charge in [0, 0.05) is 19.7 Å². The normalized spacial score (nSPS) is 10.6. The van der Waals surface area contributed by atoms with E-state index in [0.717, 1.165) is 18.5 Å². The Morgan fingerprint density at radius 1 is 1.16 bits per heavy atom. The predicted octanol–water partition coefficient (Wildman–Crippen LogP) is 1.93. The molecule has 4 heteroatoms. The summed E-state index contributed by atoms with van der Waals surface area (Å²) in [6, 6.07) is 13.4. The fraction of sp³-hybridized carbons (Fsp3) is 0.333. The molecule has 0 aliphatic rings. The molecular formula is C15H18N2O2. The average Bonchev–Trinajstić information content (AvgIpc) is 2.43. The van der Waals surface area contributed by atoms with Crippen molar-refractivity contribution in [1.82, 2.24) is 9.78 Å². The molecule has 0 unspecified atom stereocenters. The molecule has 1 heterocycles. The Labute approximate surface area is 112 Å². The molecule has 0 amide bonds. The van der Waals surface area contributed by atoms with Crippen molar-refractivity contribution in [1.29, 1.82) is 0 Å². The standard InChI is InChI=1S/C15H18N2O2/c1-17-15(18)10-9-14(16-17)8-5-11-19-12-13-6-3-2-4-7-13/h2-4,6-7,9-10H,5,8,11-12H2,1H3. The smallest absolute Gasteiger partial charge is 0.266 e. The number of aromatic nitrogens is 2. The first-order chi connectivity index (χ1) is 9.25. The highest BCUT2D eigenvalue weighted by Crippen LogP contribution is 2.02. The Morgan fingerprint density at radius 3 is 2.68 bits per heavy atom. The molecule has 1 aromatic heterocycles. The van der Waals surface area contributed by atoms with Crippen LogP contribution in [0.1, 0.15) is 17.7 Å². The lowest BCUT2D eigenvalue weighted by atomic mass is 10.2. The molecule has 19 heavy (non-hydrogen) atoms. The van der Waals surface area contributed by atoms with Gasteiger partial charge in [0.15, 0.2) is 0 Å². The van der Waals surface area contributed by atoms with Gasteiger partial charge in [0.2, 0.25) is 0 Å². The second-order valence-electron chi connectivity index (χ2n) is 4.43. The van der Waals surface area contributed by atoms with Crippen LogP contribution in [0.15, 0.2) is 47.3 Å². The minimum absolute atomic E-state index is 0.0796. The lowest BCUT2D eigenvalue weighted by molar-refractivity contribution is 0.118. The molecule has 0 saturated heterocycles. The quantitative estimate of drug-likeness (QED) is 0.744. The van der Waals surface area contributed by atoms with Crippen molar-refractivity contribution in [2.75, 3.05) is 6.61 Å². The monoisotopic (exact) mass is 258 g/mol. The molecule has 0 atom stereocenters. The van der Waals surface area contributed by atoms with Gasteiger partial charge >= 0.3 is 0 Å². The summed E-state index contributed by atoms with van der Waals surface area (Å²) >= 11 is 0. The van der Waals surface area contributed by atoms with Gasteiger partial charge in [0.05, 0.1) is 12.3 Å². The zero-order valence-corrected chi connectivity index (χ0v) is 11.1. The van der Waals surface area contributed by atoms with Crippen molar-refractivity contribution in [3.05, 3.63) is 64.1 Å². The van der Waals surface area contributed by atoms with Crippen LogP contribution in [0.4, 0.5) is 0 Å². The van der Waals surface area contributed by atoms with E-state index >= 15 is 0 Å². The van der Waals surface area contributed by atoms with Crippen molar-refractivity contribution < 1.29 is 4.74 Å². The molecule has 0 bridgehead atoms. The first-order valence-electron chi connectivity index (χ1n) is 6.40. The first kappa shape index (κ1) is 13.5. The van der Waals surface area contributed by atoms with Gasteiger partial charge < -0.3 is 4.74 Å². The summed E-state index contributed by atoms with van der Waals surface area (Å²) in [5.41, 5.74) is 2.03. The van der Waals surface area contributed by atoms with E-state index in [-0.39, 0.29) is 5.56 Å². The third kappa shape index (κ3) is 4.34. The molecule has 0 N–H and O–H groups in total. The Hall–Kier alpha value is -1.94. The Morgan fingerprint density at radius 2 is 1.95 bits per heavy atom. The van der Waals surface area contributed by atoms with Crippen LogP contribution in [-0.4, -0.2) is 16.4 Å². The van der Waals surface area contributed by atoms with Gasteiger partial charge in [-0.15, -0.1) is 0 Å². The minimum Gasteiger partial charge on any atom is -0.377 e. The van der Waals surface area contributed by atoms with Crippen molar-refractivity contribution >= 4 is 0 Å². The van der Waals surface area contributed by atoms with Crippen LogP contribution in [0.2, 0.25) is 0 Å². The second-order valence-corrected chi connectivity index (χ2v) is 4.43. The van der Waals surface area contributed by atoms with Gasteiger partial charge in [-0.2, -0.15) is 5.10 Å². The van der Waals surface area contributed by atoms with Gasteiger partial charge in [-0.1, -0.05) is 30.3 Å². The lowest BCUT2D eigenvalue weighted by Crippen LogP contribution is -2.19. The molecular weight excluding hydrogens is 240 g/mol. The van der Waals surface area contributed by atoms with Gasteiger partial charge in [-0.25, -0.2) is 4.68 Å². The summed E-state index contributed by atoms with van der Waals surface area (Å²) in [6.45, 7) is 1.33. The lowest BCUT2D eigenvalue weighted by Gasteiger charge is -2.05. The number of nitrogens with zero attached hydrogens (tertiary/aromatic N) is 2. The van der Waals surface area contributed by atoms with Crippen LogP contribution < -0.4 is 5.56 Å². The third-order valence-corrected chi connectivity index (χ3v) is 2.85. The summed E-state index contributed by atoms with van der Waals surface area (Å²) < 4.78 is 6.96. The van der Waals surface area contributed by atoms with E-state index in [4.69, 9.17) is 4.74 Å². The maximum absolute atomic E-state index is 11.2. The van der Waals surface area contributed by atoms with Crippen molar-refractivity contribution in [3.8, 4) is 0 Å². The van der Waals surface area contributed by atoms with E-state index in [1.807, 2.05) is 18.2 Å². The zero-order chi connectivity index (χ0) is 13.5. The largest absolute Gasteiger partial charge is 0.377 e. The fourth-order valence-electron chi connectivity index (χ4n) is 1.80. The van der Waals surface area contributed by atoms with Gasteiger partial charge in [-0.3, -0.25) is 4.79 Å². The molecule has 0 saturated carbocycles. The summed E-state index contributed by atoms with van der Waals surface area (Å²) in [5.74, 6) is 0. The van der Waals surface area contributed by atoms with Crippen LogP contribution in [0.5, 0.6) is 0 Å². The highest BCUT2D eigenvalue weighted by Gasteiger charge is 1.98. The maximum Gasteiger partial charge on any atom is 0.266 e. The molecule has 1 aromatic carbocycles. The SMILES string of the molecule is Cn1nc(CCCOCc2ccccc2)ccc1=O. The van der Waals surface area contributed by atoms with E-state index in [1.165, 1.54) is 10.2 Å². The van der Waals surface area contributed by atoms with E-state index in [1.54, 1.807) is 19.2 Å². The summed E-state index contributed by atoms with van der Waals surface area (Å²) in [5, 5.41) is 4.18. The molecule has 0 aliphatic heterocycles. The molecule has 2 rings (SSSR count). The van der Waals surface area contributed by atoms with Crippen molar-refractivity contribution in [2.45, 2.75) is 19.4 Å². The van der Waals surface area contributed by atoms with E-state index in [2.05, 4.69) is 17.2 Å². The highest BCUT2D eigenvalue weighted by molar-refractivity contribution is 5.13. The fourth-order valence-corrected chi connectivity index (χ4v) is 1.80. The number of hydrogen-bond donors (Lipinski definition) is 0. The maximum atomic E-state index is 11.2. The van der Waals surface area contributed by atoms with E-state index in [0.29, 0.717) is 13.2 Å². The molecule has 4 nitrogen and oxygen atoms in total. The van der Waals surface area contributed by atoms with Crippen molar-refractivity contribution in [2.24, 2.45) is 7.05 Å². The average molecular weight is 258 g/mol. The highest BCUT2D eigenvalue weighted by atomic mass is 16.5. The number of rotatable bonds is 6. The Bertz CT molecular complexity index is 564. The van der Waals surface area contributed by atoms with E-state index in [9.17, 15) is 4.79 Å². The number of hydrogen-bond acceptors (Lipinski definition) is 3. The first-order valence-corrected chi connectivity index (χ1v) is 6.40. The molecule has 100 valence electrons. The third-order valence-electron chi connectivity index (χ3n) is 2.85. The topological polar surface area (TPSA) is 44.1 Å². The van der Waals surface area contributed by atoms with Crippen LogP contribution in [0, 0.1) is 0 Å². The summed E-state index contributed by atoms with van der Waals surface area (Å²) in [4.78, 5) is 11.2. The minimum atomic E-state index is -0.0796.